The summed E-state index contributed by atoms with van der Waals surface area (Å²) < 4.78 is 4.50. The summed E-state index contributed by atoms with van der Waals surface area (Å²) in [6.07, 6.45) is 1.95. The van der Waals surface area contributed by atoms with Crippen molar-refractivity contribution in [2.24, 2.45) is 0 Å². The van der Waals surface area contributed by atoms with Gasteiger partial charge in [0.15, 0.2) is 0 Å². The van der Waals surface area contributed by atoms with Crippen LogP contribution < -0.4 is 0 Å². The zero-order chi connectivity index (χ0) is 8.23. The highest BCUT2D eigenvalue weighted by Gasteiger charge is 1.94. The molecule has 2 heteroatoms. The fourth-order valence-electron chi connectivity index (χ4n) is 0.995. The van der Waals surface area contributed by atoms with Crippen molar-refractivity contribution in [2.75, 3.05) is 13.2 Å². The molecule has 0 atom stereocenters. The molecule has 62 valence electrons. The Labute approximate surface area is 71.2 Å². The Bertz CT molecular complexity index is 318. The molecule has 0 saturated carbocycles. The number of epoxide rings is 1. The molecular formula is C10H11NO. The second kappa shape index (κ2) is 3.41. The molecule has 1 N–H and O–H groups in total. The molecule has 0 radical (unpaired) electrons. The molecule has 1 fully saturated rings. The molecule has 12 heavy (non-hydrogen) atoms. The Kier molecular flexibility index (Phi) is 2.10. The number of nitrogens with one attached hydrogen (secondary N) is 1. The normalized spacial score (nSPS) is 13.7. The van der Waals surface area contributed by atoms with Crippen molar-refractivity contribution in [3.63, 3.8) is 0 Å². The summed E-state index contributed by atoms with van der Waals surface area (Å²) in [5.41, 5.74) is 1.21. The zero-order valence-corrected chi connectivity index (χ0v) is 6.79. The molecule has 1 aliphatic rings. The van der Waals surface area contributed by atoms with Crippen LogP contribution in [0.15, 0.2) is 36.5 Å². The van der Waals surface area contributed by atoms with E-state index in [1.807, 2.05) is 18.3 Å². The molecule has 2 heterocycles. The number of H-pyrrole nitrogens is 1. The van der Waals surface area contributed by atoms with Crippen molar-refractivity contribution in [1.29, 1.82) is 0 Å². The van der Waals surface area contributed by atoms with E-state index in [-0.39, 0.29) is 0 Å². The van der Waals surface area contributed by atoms with Crippen LogP contribution in [0.2, 0.25) is 0 Å². The minimum absolute atomic E-state index is 1.00. The minimum Gasteiger partial charge on any atom is -0.377 e. The molecule has 1 aromatic heterocycles. The summed E-state index contributed by atoms with van der Waals surface area (Å²) in [4.78, 5) is 3.12. The first kappa shape index (κ1) is 7.37. The molecule has 2 nitrogen and oxygen atoms in total. The van der Waals surface area contributed by atoms with Gasteiger partial charge in [-0.05, 0) is 17.5 Å². The van der Waals surface area contributed by atoms with Crippen LogP contribution in [0.1, 0.15) is 0 Å². The summed E-state index contributed by atoms with van der Waals surface area (Å²) in [5.74, 6) is 0. The Morgan fingerprint density at radius 1 is 1.08 bits per heavy atom. The van der Waals surface area contributed by atoms with Crippen LogP contribution in [0.5, 0.6) is 0 Å². The number of hydrogen-bond acceptors (Lipinski definition) is 1. The first-order valence-electron chi connectivity index (χ1n) is 4.07. The maximum Gasteiger partial charge on any atom is 0.0701 e. The number of fused-ring (bicyclic) bond motifs is 1. The number of aromatic nitrogens is 1. The topological polar surface area (TPSA) is 28.3 Å². The van der Waals surface area contributed by atoms with E-state index in [0.717, 1.165) is 13.2 Å². The van der Waals surface area contributed by atoms with Gasteiger partial charge in [-0.15, -0.1) is 0 Å². The second-order valence-corrected chi connectivity index (χ2v) is 2.68. The van der Waals surface area contributed by atoms with Gasteiger partial charge >= 0.3 is 0 Å². The predicted octanol–water partition coefficient (Wildman–Crippen LogP) is 2.18. The van der Waals surface area contributed by atoms with Crippen molar-refractivity contribution in [3.05, 3.63) is 36.5 Å². The van der Waals surface area contributed by atoms with E-state index in [2.05, 4.69) is 27.9 Å². The number of benzene rings is 1. The summed E-state index contributed by atoms with van der Waals surface area (Å²) in [6, 6.07) is 10.3. The monoisotopic (exact) mass is 161 g/mol. The third-order valence-electron chi connectivity index (χ3n) is 1.67. The van der Waals surface area contributed by atoms with Gasteiger partial charge in [0.05, 0.1) is 13.2 Å². The van der Waals surface area contributed by atoms with Crippen LogP contribution in [-0.2, 0) is 4.74 Å². The van der Waals surface area contributed by atoms with Crippen LogP contribution in [0.25, 0.3) is 10.9 Å². The molecule has 0 unspecified atom stereocenters. The Morgan fingerprint density at radius 3 is 2.50 bits per heavy atom. The highest BCUT2D eigenvalue weighted by Crippen LogP contribution is 2.09. The van der Waals surface area contributed by atoms with E-state index < -0.39 is 0 Å². The van der Waals surface area contributed by atoms with Crippen LogP contribution >= 0.6 is 0 Å². The van der Waals surface area contributed by atoms with Gasteiger partial charge in [0.2, 0.25) is 0 Å². The largest absolute Gasteiger partial charge is 0.377 e. The second-order valence-electron chi connectivity index (χ2n) is 2.68. The highest BCUT2D eigenvalue weighted by molar-refractivity contribution is 5.78. The average molecular weight is 161 g/mol. The van der Waals surface area contributed by atoms with Crippen molar-refractivity contribution in [3.8, 4) is 0 Å². The van der Waals surface area contributed by atoms with Crippen molar-refractivity contribution < 1.29 is 4.74 Å². The standard InChI is InChI=1S/C8H7N.C2H4O/c1-2-4-8-7(3-1)5-6-9-8;1-2-3-1/h1-6,9H;1-2H2. The van der Waals surface area contributed by atoms with Gasteiger partial charge in [-0.3, -0.25) is 0 Å². The van der Waals surface area contributed by atoms with Crippen LogP contribution in [0, 0.1) is 0 Å². The Hall–Kier alpha value is -1.28. The molecule has 0 spiro atoms. The smallest absolute Gasteiger partial charge is 0.0701 e. The zero-order valence-electron chi connectivity index (χ0n) is 6.79. The lowest BCUT2D eigenvalue weighted by atomic mass is 10.3. The summed E-state index contributed by atoms with van der Waals surface area (Å²) in [5, 5.41) is 1.28. The van der Waals surface area contributed by atoms with Gasteiger partial charge in [0.25, 0.3) is 0 Å². The summed E-state index contributed by atoms with van der Waals surface area (Å²) >= 11 is 0. The number of aromatic amines is 1. The molecular weight excluding hydrogens is 150 g/mol. The van der Waals surface area contributed by atoms with Crippen LogP contribution in [-0.4, -0.2) is 18.2 Å². The van der Waals surface area contributed by atoms with Gasteiger partial charge in [-0.2, -0.15) is 0 Å². The third kappa shape index (κ3) is 1.86. The van der Waals surface area contributed by atoms with E-state index in [1.54, 1.807) is 0 Å². The first-order chi connectivity index (χ1) is 5.97. The van der Waals surface area contributed by atoms with Gasteiger partial charge in [-0.25, -0.2) is 0 Å². The SMILES string of the molecule is C1CO1.c1ccc2[nH]ccc2c1. The van der Waals surface area contributed by atoms with Gasteiger partial charge in [-0.1, -0.05) is 18.2 Å². The molecule has 0 bridgehead atoms. The fraction of sp³-hybridized carbons (Fsp3) is 0.200. The lowest BCUT2D eigenvalue weighted by Gasteiger charge is -1.83. The van der Waals surface area contributed by atoms with Gasteiger partial charge in [0.1, 0.15) is 0 Å². The van der Waals surface area contributed by atoms with E-state index in [4.69, 9.17) is 0 Å². The maximum absolute atomic E-state index is 4.50. The van der Waals surface area contributed by atoms with E-state index in [0.29, 0.717) is 0 Å². The quantitative estimate of drug-likeness (QED) is 0.589. The van der Waals surface area contributed by atoms with E-state index in [1.165, 1.54) is 10.9 Å². The van der Waals surface area contributed by atoms with Gasteiger partial charge < -0.3 is 9.72 Å². The molecule has 1 saturated heterocycles. The average Bonchev–Trinajstić information content (AvgIpc) is 2.91. The lowest BCUT2D eigenvalue weighted by Crippen LogP contribution is -1.61. The maximum atomic E-state index is 4.50. The first-order valence-corrected chi connectivity index (χ1v) is 4.07. The molecule has 1 aliphatic heterocycles. The summed E-state index contributed by atoms with van der Waals surface area (Å²) in [7, 11) is 0. The Balaban J connectivity index is 0.000000159. The van der Waals surface area contributed by atoms with Crippen LogP contribution in [0.4, 0.5) is 0 Å². The molecule has 1 aromatic carbocycles. The molecule has 3 rings (SSSR count). The number of ether oxygens (including phenoxy) is 1. The fourth-order valence-corrected chi connectivity index (χ4v) is 0.995. The molecule has 0 aliphatic carbocycles. The number of rotatable bonds is 0. The number of para-hydroxylation sites is 1. The Morgan fingerprint density at radius 2 is 1.83 bits per heavy atom. The van der Waals surface area contributed by atoms with Crippen molar-refractivity contribution >= 4 is 10.9 Å². The van der Waals surface area contributed by atoms with Gasteiger partial charge in [0, 0.05) is 11.7 Å². The predicted molar refractivity (Wildman–Crippen MR) is 49.1 cm³/mol. The van der Waals surface area contributed by atoms with Crippen molar-refractivity contribution in [2.45, 2.75) is 0 Å². The molecule has 0 amide bonds. The minimum atomic E-state index is 1.00. The highest BCUT2D eigenvalue weighted by atomic mass is 16.6. The summed E-state index contributed by atoms with van der Waals surface area (Å²) in [6.45, 7) is 2.00. The number of hydrogen-bond donors (Lipinski definition) is 1. The van der Waals surface area contributed by atoms with E-state index in [9.17, 15) is 0 Å². The third-order valence-corrected chi connectivity index (χ3v) is 1.67. The van der Waals surface area contributed by atoms with Crippen molar-refractivity contribution in [1.82, 2.24) is 4.98 Å². The van der Waals surface area contributed by atoms with E-state index >= 15 is 0 Å². The molecule has 2 aromatic rings. The van der Waals surface area contributed by atoms with Crippen LogP contribution in [0.3, 0.4) is 0 Å². The lowest BCUT2D eigenvalue weighted by molar-refractivity contribution is 0.475.